The summed E-state index contributed by atoms with van der Waals surface area (Å²) in [5.41, 5.74) is 0.605. The highest BCUT2D eigenvalue weighted by molar-refractivity contribution is 5.79. The molecule has 0 aliphatic rings. The molecular weight excluding hydrogens is 369 g/mol. The van der Waals surface area contributed by atoms with Gasteiger partial charge in [-0.1, -0.05) is 18.2 Å². The van der Waals surface area contributed by atoms with Crippen LogP contribution in [0.4, 0.5) is 22.0 Å². The van der Waals surface area contributed by atoms with Gasteiger partial charge in [-0.3, -0.25) is 4.99 Å². The van der Waals surface area contributed by atoms with Crippen molar-refractivity contribution < 1.29 is 26.7 Å². The van der Waals surface area contributed by atoms with Crippen molar-refractivity contribution in [2.45, 2.75) is 19.3 Å². The lowest BCUT2D eigenvalue weighted by Gasteiger charge is -2.15. The lowest BCUT2D eigenvalue weighted by molar-refractivity contribution is -0.153. The first kappa shape index (κ1) is 20.5. The Bertz CT molecular complexity index is 793. The van der Waals surface area contributed by atoms with Crippen LogP contribution >= 0.6 is 0 Å². The second-order valence-corrected chi connectivity index (χ2v) is 5.53. The van der Waals surface area contributed by atoms with Gasteiger partial charge in [-0.15, -0.1) is 0 Å². The molecule has 0 fully saturated rings. The third-order valence-corrected chi connectivity index (χ3v) is 3.49. The van der Waals surface area contributed by atoms with Gasteiger partial charge >= 0.3 is 6.18 Å². The van der Waals surface area contributed by atoms with E-state index in [0.29, 0.717) is 5.56 Å². The van der Waals surface area contributed by atoms with E-state index in [1.165, 1.54) is 13.1 Å². The molecule has 0 aliphatic heterocycles. The number of hydrogen-bond donors (Lipinski definition) is 2. The van der Waals surface area contributed by atoms with Crippen LogP contribution in [0.5, 0.6) is 5.75 Å². The highest BCUT2D eigenvalue weighted by atomic mass is 19.4. The summed E-state index contributed by atoms with van der Waals surface area (Å²) in [5.74, 6) is -0.768. The lowest BCUT2D eigenvalue weighted by Crippen LogP contribution is -2.36. The molecule has 0 saturated carbocycles. The zero-order valence-electron chi connectivity index (χ0n) is 14.4. The Morgan fingerprint density at radius 3 is 2.33 bits per heavy atom. The van der Waals surface area contributed by atoms with Crippen molar-refractivity contribution in [1.82, 2.24) is 10.6 Å². The smallest absolute Gasteiger partial charge is 0.422 e. The van der Waals surface area contributed by atoms with Gasteiger partial charge in [0.2, 0.25) is 0 Å². The Balaban J connectivity index is 1.95. The van der Waals surface area contributed by atoms with Gasteiger partial charge in [0.1, 0.15) is 17.4 Å². The third-order valence-electron chi connectivity index (χ3n) is 3.49. The van der Waals surface area contributed by atoms with Crippen LogP contribution < -0.4 is 15.4 Å². The number of halogens is 5. The van der Waals surface area contributed by atoms with Crippen LogP contribution in [-0.2, 0) is 13.1 Å². The summed E-state index contributed by atoms with van der Waals surface area (Å²) in [6.07, 6.45) is -4.44. The summed E-state index contributed by atoms with van der Waals surface area (Å²) in [4.78, 5) is 3.94. The van der Waals surface area contributed by atoms with Crippen molar-refractivity contribution in [2.24, 2.45) is 4.99 Å². The number of alkyl halides is 3. The number of hydrogen-bond acceptors (Lipinski definition) is 2. The van der Waals surface area contributed by atoms with Crippen LogP contribution in [0.25, 0.3) is 0 Å². The van der Waals surface area contributed by atoms with E-state index in [-0.39, 0.29) is 30.4 Å². The monoisotopic (exact) mass is 387 g/mol. The van der Waals surface area contributed by atoms with Gasteiger partial charge in [0.15, 0.2) is 12.6 Å². The minimum atomic E-state index is -4.44. The SMILES string of the molecule is CN=C(NCc1cc(F)ccc1F)NCc1ccccc1OCC(F)(F)F. The van der Waals surface area contributed by atoms with Crippen molar-refractivity contribution in [1.29, 1.82) is 0 Å². The molecule has 9 heteroatoms. The first-order chi connectivity index (χ1) is 12.8. The molecular formula is C18H18F5N3O. The molecule has 2 aromatic carbocycles. The van der Waals surface area contributed by atoms with Crippen LogP contribution in [-0.4, -0.2) is 25.8 Å². The molecule has 0 amide bonds. The number of benzene rings is 2. The van der Waals surface area contributed by atoms with Crippen LogP contribution in [0.2, 0.25) is 0 Å². The van der Waals surface area contributed by atoms with Crippen LogP contribution in [0.1, 0.15) is 11.1 Å². The second-order valence-electron chi connectivity index (χ2n) is 5.53. The quantitative estimate of drug-likeness (QED) is 0.451. The fraction of sp³-hybridized carbons (Fsp3) is 0.278. The number of para-hydroxylation sites is 1. The number of rotatable bonds is 6. The van der Waals surface area contributed by atoms with Gasteiger partial charge in [-0.25, -0.2) is 8.78 Å². The molecule has 0 bridgehead atoms. The van der Waals surface area contributed by atoms with E-state index < -0.39 is 24.4 Å². The van der Waals surface area contributed by atoms with Crippen molar-refractivity contribution in [3.8, 4) is 5.75 Å². The summed E-state index contributed by atoms with van der Waals surface area (Å²) >= 11 is 0. The van der Waals surface area contributed by atoms with Gasteiger partial charge in [0.25, 0.3) is 0 Å². The fourth-order valence-corrected chi connectivity index (χ4v) is 2.21. The maximum absolute atomic E-state index is 13.6. The Morgan fingerprint density at radius 2 is 1.67 bits per heavy atom. The van der Waals surface area contributed by atoms with Crippen molar-refractivity contribution in [2.75, 3.05) is 13.7 Å². The Kier molecular flexibility index (Phi) is 6.98. The van der Waals surface area contributed by atoms with Crippen molar-refractivity contribution in [3.05, 3.63) is 65.2 Å². The Hall–Kier alpha value is -2.84. The van der Waals surface area contributed by atoms with Crippen LogP contribution in [0.15, 0.2) is 47.5 Å². The van der Waals surface area contributed by atoms with E-state index in [9.17, 15) is 22.0 Å². The zero-order valence-corrected chi connectivity index (χ0v) is 14.4. The number of nitrogens with zero attached hydrogens (tertiary/aromatic N) is 1. The third kappa shape index (κ3) is 6.76. The summed E-state index contributed by atoms with van der Waals surface area (Å²) in [7, 11) is 1.48. The number of aliphatic imine (C=N–C) groups is 1. The molecule has 0 aromatic heterocycles. The zero-order chi connectivity index (χ0) is 19.9. The fourth-order valence-electron chi connectivity index (χ4n) is 2.21. The molecule has 4 nitrogen and oxygen atoms in total. The van der Waals surface area contributed by atoms with E-state index in [1.54, 1.807) is 18.2 Å². The molecule has 0 unspecified atom stereocenters. The number of guanidine groups is 1. The van der Waals surface area contributed by atoms with E-state index in [1.807, 2.05) is 0 Å². The molecule has 0 aliphatic carbocycles. The van der Waals surface area contributed by atoms with Gasteiger partial charge in [-0.05, 0) is 24.3 Å². The number of ether oxygens (including phenoxy) is 1. The van der Waals surface area contributed by atoms with E-state index in [0.717, 1.165) is 18.2 Å². The second kappa shape index (κ2) is 9.20. The molecule has 0 atom stereocenters. The highest BCUT2D eigenvalue weighted by Gasteiger charge is 2.28. The van der Waals surface area contributed by atoms with E-state index in [2.05, 4.69) is 15.6 Å². The first-order valence-corrected chi connectivity index (χ1v) is 7.94. The topological polar surface area (TPSA) is 45.7 Å². The van der Waals surface area contributed by atoms with Gasteiger partial charge in [0, 0.05) is 31.3 Å². The number of nitrogens with one attached hydrogen (secondary N) is 2. The molecule has 2 N–H and O–H groups in total. The summed E-state index contributed by atoms with van der Waals surface area (Å²) in [5, 5.41) is 5.70. The minimum Gasteiger partial charge on any atom is -0.484 e. The molecule has 0 spiro atoms. The molecule has 27 heavy (non-hydrogen) atoms. The average Bonchev–Trinajstić information content (AvgIpc) is 2.63. The molecule has 2 aromatic rings. The van der Waals surface area contributed by atoms with Gasteiger partial charge in [-0.2, -0.15) is 13.2 Å². The molecule has 2 rings (SSSR count). The van der Waals surface area contributed by atoms with Crippen molar-refractivity contribution >= 4 is 5.96 Å². The first-order valence-electron chi connectivity index (χ1n) is 7.94. The Morgan fingerprint density at radius 1 is 1.00 bits per heavy atom. The standard InChI is InChI=1S/C18H18F5N3O/c1-24-17(26-10-13-8-14(19)6-7-15(13)20)25-9-12-4-2-3-5-16(12)27-11-18(21,22)23/h2-8H,9-11H2,1H3,(H2,24,25,26). The normalized spacial score (nSPS) is 12.0. The highest BCUT2D eigenvalue weighted by Crippen LogP contribution is 2.22. The van der Waals surface area contributed by atoms with Gasteiger partial charge < -0.3 is 15.4 Å². The van der Waals surface area contributed by atoms with Crippen LogP contribution in [0, 0.1) is 11.6 Å². The predicted molar refractivity (Wildman–Crippen MR) is 91.4 cm³/mol. The molecule has 0 radical (unpaired) electrons. The summed E-state index contributed by atoms with van der Waals surface area (Å²) in [6.45, 7) is -1.29. The largest absolute Gasteiger partial charge is 0.484 e. The predicted octanol–water partition coefficient (Wildman–Crippen LogP) is 3.77. The van der Waals surface area contributed by atoms with E-state index >= 15 is 0 Å². The Labute approximate surface area is 153 Å². The summed E-state index contributed by atoms with van der Waals surface area (Å²) < 4.78 is 68.6. The maximum Gasteiger partial charge on any atom is 0.422 e. The minimum absolute atomic E-state index is 0.0184. The summed E-state index contributed by atoms with van der Waals surface area (Å²) in [6, 6.07) is 9.38. The van der Waals surface area contributed by atoms with Gasteiger partial charge in [0.05, 0.1) is 0 Å². The maximum atomic E-state index is 13.6. The average molecular weight is 387 g/mol. The van der Waals surface area contributed by atoms with Crippen molar-refractivity contribution in [3.63, 3.8) is 0 Å². The molecule has 146 valence electrons. The van der Waals surface area contributed by atoms with Crippen LogP contribution in [0.3, 0.4) is 0 Å². The molecule has 0 heterocycles. The lowest BCUT2D eigenvalue weighted by atomic mass is 10.2. The van der Waals surface area contributed by atoms with E-state index in [4.69, 9.17) is 4.74 Å². The molecule has 0 saturated heterocycles.